The Morgan fingerprint density at radius 2 is 1.68 bits per heavy atom. The minimum absolute atomic E-state index is 0. The third-order valence-electron chi connectivity index (χ3n) is 5.33. The molecule has 5 nitrogen and oxygen atoms in total. The molecule has 2 saturated heterocycles. The molecule has 28 heavy (non-hydrogen) atoms. The van der Waals surface area contributed by atoms with E-state index in [2.05, 4.69) is 21.9 Å². The van der Waals surface area contributed by atoms with Gasteiger partial charge in [-0.15, -0.1) is 36.6 Å². The molecular weight excluding hydrogens is 417 g/mol. The van der Waals surface area contributed by atoms with E-state index in [0.717, 1.165) is 63.7 Å². The van der Waals surface area contributed by atoms with Crippen LogP contribution in [0.5, 0.6) is 5.75 Å². The summed E-state index contributed by atoms with van der Waals surface area (Å²) in [5.74, 6) is 2.11. The van der Waals surface area contributed by atoms with Crippen LogP contribution in [0.3, 0.4) is 0 Å². The molecule has 160 valence electrons. The van der Waals surface area contributed by atoms with Crippen LogP contribution < -0.4 is 9.64 Å². The Balaban J connectivity index is 0.00000196. The molecule has 2 heterocycles. The van der Waals surface area contributed by atoms with Crippen molar-refractivity contribution in [3.8, 4) is 5.75 Å². The van der Waals surface area contributed by atoms with Gasteiger partial charge in [-0.25, -0.2) is 0 Å². The summed E-state index contributed by atoms with van der Waals surface area (Å²) in [7, 11) is 1.74. The molecule has 1 aromatic carbocycles. The number of benzene rings is 1. The van der Waals surface area contributed by atoms with E-state index in [0.29, 0.717) is 5.91 Å². The SMILES string of the molecule is COc1ccccc1N1CCN(CCCCN2CSC(C)(C)C2=O)CC1.Cl.Cl. The zero-order valence-corrected chi connectivity index (χ0v) is 19.5. The Morgan fingerprint density at radius 1 is 1.04 bits per heavy atom. The Kier molecular flexibility index (Phi) is 10.3. The number of carbonyl (C=O) groups excluding carboxylic acids is 1. The smallest absolute Gasteiger partial charge is 0.238 e. The fourth-order valence-electron chi connectivity index (χ4n) is 3.65. The normalized spacial score (nSPS) is 19.2. The second-order valence-corrected chi connectivity index (χ2v) is 9.13. The van der Waals surface area contributed by atoms with Crippen molar-refractivity contribution in [3.05, 3.63) is 24.3 Å². The topological polar surface area (TPSA) is 36.0 Å². The molecule has 0 saturated carbocycles. The summed E-state index contributed by atoms with van der Waals surface area (Å²) in [6, 6.07) is 8.26. The molecule has 2 aliphatic rings. The van der Waals surface area contributed by atoms with Gasteiger partial charge in [-0.1, -0.05) is 12.1 Å². The minimum Gasteiger partial charge on any atom is -0.495 e. The Morgan fingerprint density at radius 3 is 2.29 bits per heavy atom. The van der Waals surface area contributed by atoms with Gasteiger partial charge in [-0.05, 0) is 45.4 Å². The lowest BCUT2D eigenvalue weighted by molar-refractivity contribution is -0.130. The molecule has 0 unspecified atom stereocenters. The van der Waals surface area contributed by atoms with Crippen molar-refractivity contribution in [2.45, 2.75) is 31.4 Å². The van der Waals surface area contributed by atoms with Gasteiger partial charge >= 0.3 is 0 Å². The highest BCUT2D eigenvalue weighted by Gasteiger charge is 2.38. The maximum absolute atomic E-state index is 12.2. The molecule has 3 rings (SSSR count). The maximum atomic E-state index is 12.2. The number of para-hydroxylation sites is 2. The van der Waals surface area contributed by atoms with Crippen LogP contribution in [0.25, 0.3) is 0 Å². The summed E-state index contributed by atoms with van der Waals surface area (Å²) in [6.07, 6.45) is 2.25. The summed E-state index contributed by atoms with van der Waals surface area (Å²) >= 11 is 1.75. The predicted molar refractivity (Wildman–Crippen MR) is 124 cm³/mol. The van der Waals surface area contributed by atoms with E-state index < -0.39 is 0 Å². The number of methoxy groups -OCH3 is 1. The zero-order valence-electron chi connectivity index (χ0n) is 17.1. The molecule has 0 N–H and O–H groups in total. The van der Waals surface area contributed by atoms with Crippen molar-refractivity contribution in [2.24, 2.45) is 0 Å². The molecule has 0 spiro atoms. The van der Waals surface area contributed by atoms with Gasteiger partial charge in [0.15, 0.2) is 0 Å². The number of carbonyl (C=O) groups is 1. The fourth-order valence-corrected chi connectivity index (χ4v) is 4.63. The van der Waals surface area contributed by atoms with Gasteiger partial charge in [0.1, 0.15) is 5.75 Å². The number of amides is 1. The fraction of sp³-hybridized carbons (Fsp3) is 0.650. The lowest BCUT2D eigenvalue weighted by atomic mass is 10.1. The van der Waals surface area contributed by atoms with Crippen LogP contribution in [0.15, 0.2) is 24.3 Å². The maximum Gasteiger partial charge on any atom is 0.238 e. The molecule has 1 aromatic rings. The minimum atomic E-state index is -0.227. The van der Waals surface area contributed by atoms with Gasteiger partial charge < -0.3 is 14.5 Å². The van der Waals surface area contributed by atoms with Crippen LogP contribution in [-0.2, 0) is 4.79 Å². The number of rotatable bonds is 7. The number of anilines is 1. The Bertz CT molecular complexity index is 625. The van der Waals surface area contributed by atoms with Crippen molar-refractivity contribution in [1.82, 2.24) is 9.80 Å². The summed E-state index contributed by atoms with van der Waals surface area (Å²) in [5.41, 5.74) is 1.20. The first-order chi connectivity index (χ1) is 12.5. The average molecular weight is 450 g/mol. The highest BCUT2D eigenvalue weighted by atomic mass is 35.5. The van der Waals surface area contributed by atoms with Gasteiger partial charge in [-0.2, -0.15) is 0 Å². The van der Waals surface area contributed by atoms with Crippen LogP contribution >= 0.6 is 36.6 Å². The van der Waals surface area contributed by atoms with E-state index in [1.807, 2.05) is 30.9 Å². The number of halogens is 2. The van der Waals surface area contributed by atoms with Crippen LogP contribution in [0, 0.1) is 0 Å². The lowest BCUT2D eigenvalue weighted by Gasteiger charge is -2.36. The Labute approximate surface area is 186 Å². The number of thioether (sulfide) groups is 1. The third-order valence-corrected chi connectivity index (χ3v) is 6.67. The number of unbranched alkanes of at least 4 members (excludes halogenated alkanes) is 1. The molecule has 0 radical (unpaired) electrons. The highest BCUT2D eigenvalue weighted by molar-refractivity contribution is 8.01. The van der Waals surface area contributed by atoms with E-state index in [-0.39, 0.29) is 29.6 Å². The number of hydrogen-bond donors (Lipinski definition) is 0. The molecule has 0 aromatic heterocycles. The summed E-state index contributed by atoms with van der Waals surface area (Å²) in [6.45, 7) is 10.3. The van der Waals surface area contributed by atoms with E-state index in [1.54, 1.807) is 18.9 Å². The average Bonchev–Trinajstić information content (AvgIpc) is 2.92. The lowest BCUT2D eigenvalue weighted by Crippen LogP contribution is -2.46. The second-order valence-electron chi connectivity index (χ2n) is 7.56. The standard InChI is InChI=1S/C20H31N3O2S.2ClH/c1-20(2)19(24)23(16-26-20)11-7-6-10-21-12-14-22(15-13-21)17-8-4-5-9-18(17)25-3;;/h4-5,8-9H,6-7,10-16H2,1-3H3;2*1H. The summed E-state index contributed by atoms with van der Waals surface area (Å²) in [4.78, 5) is 19.2. The van der Waals surface area contributed by atoms with Gasteiger partial charge in [-0.3, -0.25) is 9.69 Å². The molecule has 2 aliphatic heterocycles. The van der Waals surface area contributed by atoms with E-state index in [4.69, 9.17) is 4.74 Å². The molecule has 0 atom stereocenters. The quantitative estimate of drug-likeness (QED) is 0.592. The van der Waals surface area contributed by atoms with Crippen LogP contribution in [-0.4, -0.2) is 72.7 Å². The van der Waals surface area contributed by atoms with Gasteiger partial charge in [0.05, 0.1) is 23.4 Å². The van der Waals surface area contributed by atoms with Crippen molar-refractivity contribution in [1.29, 1.82) is 0 Å². The largest absolute Gasteiger partial charge is 0.495 e. The molecule has 2 fully saturated rings. The van der Waals surface area contributed by atoms with Gasteiger partial charge in [0.25, 0.3) is 0 Å². The van der Waals surface area contributed by atoms with E-state index in [1.165, 1.54) is 5.69 Å². The summed E-state index contributed by atoms with van der Waals surface area (Å²) < 4.78 is 5.26. The van der Waals surface area contributed by atoms with Crippen LogP contribution in [0.1, 0.15) is 26.7 Å². The number of piperazine rings is 1. The molecular formula is C20H33Cl2N3O2S. The van der Waals surface area contributed by atoms with Gasteiger partial charge in [0, 0.05) is 32.7 Å². The number of nitrogens with zero attached hydrogens (tertiary/aromatic N) is 3. The molecule has 0 aliphatic carbocycles. The van der Waals surface area contributed by atoms with Crippen LogP contribution in [0.4, 0.5) is 5.69 Å². The third kappa shape index (κ3) is 6.09. The van der Waals surface area contributed by atoms with Crippen molar-refractivity contribution in [3.63, 3.8) is 0 Å². The number of ether oxygens (including phenoxy) is 1. The van der Waals surface area contributed by atoms with Crippen LogP contribution in [0.2, 0.25) is 0 Å². The first kappa shape index (κ1) is 25.2. The first-order valence-electron chi connectivity index (χ1n) is 9.55. The Hall–Kier alpha value is -0.820. The molecule has 0 bridgehead atoms. The summed E-state index contributed by atoms with van der Waals surface area (Å²) in [5, 5.41) is 0. The first-order valence-corrected chi connectivity index (χ1v) is 10.5. The highest BCUT2D eigenvalue weighted by Crippen LogP contribution is 2.34. The molecule has 8 heteroatoms. The zero-order chi connectivity index (χ0) is 18.6. The van der Waals surface area contributed by atoms with E-state index >= 15 is 0 Å². The molecule has 1 amide bonds. The second kappa shape index (κ2) is 11.4. The van der Waals surface area contributed by atoms with Crippen molar-refractivity contribution < 1.29 is 9.53 Å². The van der Waals surface area contributed by atoms with E-state index in [9.17, 15) is 4.79 Å². The van der Waals surface area contributed by atoms with Crippen molar-refractivity contribution in [2.75, 3.05) is 57.2 Å². The van der Waals surface area contributed by atoms with Gasteiger partial charge in [0.2, 0.25) is 5.91 Å². The monoisotopic (exact) mass is 449 g/mol. The number of hydrogen-bond acceptors (Lipinski definition) is 5. The predicted octanol–water partition coefficient (Wildman–Crippen LogP) is 3.75. The van der Waals surface area contributed by atoms with Crippen molar-refractivity contribution >= 4 is 48.2 Å².